The van der Waals surface area contributed by atoms with Crippen molar-refractivity contribution in [3.8, 4) is 0 Å². The first-order valence-electron chi connectivity index (χ1n) is 10.9. The Kier molecular flexibility index (Phi) is 7.05. The molecule has 9 nitrogen and oxygen atoms in total. The molecule has 1 amide bonds. The lowest BCUT2D eigenvalue weighted by Crippen LogP contribution is -2.43. The van der Waals surface area contributed by atoms with Crippen LogP contribution in [0.1, 0.15) is 40.5 Å². The van der Waals surface area contributed by atoms with Gasteiger partial charge in [-0.05, 0) is 24.1 Å². The Morgan fingerprint density at radius 3 is 2.68 bits per heavy atom. The number of fused-ring (bicyclic) bond motifs is 1. The Morgan fingerprint density at radius 1 is 1.18 bits per heavy atom. The number of ether oxygens (including phenoxy) is 1. The minimum absolute atomic E-state index is 0.0278. The maximum atomic E-state index is 13.0. The van der Waals surface area contributed by atoms with Crippen molar-refractivity contribution in [1.29, 1.82) is 0 Å². The fourth-order valence-corrected chi connectivity index (χ4v) is 3.53. The Bertz CT molecular complexity index is 1260. The molecule has 3 unspecified atom stereocenters. The number of H-pyrrole nitrogens is 1. The summed E-state index contributed by atoms with van der Waals surface area (Å²) in [6.07, 6.45) is 2.26. The number of hydrogen-bond donors (Lipinski definition) is 4. The minimum Gasteiger partial charge on any atom is -0.459 e. The molecule has 4 rings (SSSR count). The molecule has 2 aromatic heterocycles. The molecule has 2 aromatic carbocycles. The van der Waals surface area contributed by atoms with Gasteiger partial charge in [0.15, 0.2) is 5.69 Å². The average molecular weight is 463 g/mol. The van der Waals surface area contributed by atoms with Gasteiger partial charge in [0, 0.05) is 23.5 Å². The van der Waals surface area contributed by atoms with Crippen molar-refractivity contribution in [2.75, 3.05) is 0 Å². The van der Waals surface area contributed by atoms with E-state index >= 15 is 0 Å². The molecule has 176 valence electrons. The van der Waals surface area contributed by atoms with E-state index in [0.717, 1.165) is 28.3 Å². The van der Waals surface area contributed by atoms with Crippen molar-refractivity contribution < 1.29 is 23.8 Å². The number of hydrogen-bond acceptors (Lipinski definition) is 7. The van der Waals surface area contributed by atoms with E-state index in [-0.39, 0.29) is 24.6 Å². The van der Waals surface area contributed by atoms with Gasteiger partial charge < -0.3 is 30.3 Å². The second-order valence-electron chi connectivity index (χ2n) is 8.02. The van der Waals surface area contributed by atoms with E-state index in [9.17, 15) is 14.7 Å². The highest BCUT2D eigenvalue weighted by atomic mass is 16.5. The number of nitrogens with one attached hydrogen (secondary N) is 2. The molecule has 2 heterocycles. The lowest BCUT2D eigenvalue weighted by molar-refractivity contribution is -0.147. The number of nitrogens with two attached hydrogens (primary N) is 1. The number of oxazole rings is 1. The first kappa shape index (κ1) is 23.2. The zero-order valence-electron chi connectivity index (χ0n) is 18.6. The molecular formula is C25H26N4O5. The summed E-state index contributed by atoms with van der Waals surface area (Å²) in [6, 6.07) is 15.1. The summed E-state index contributed by atoms with van der Waals surface area (Å²) in [4.78, 5) is 33.1. The van der Waals surface area contributed by atoms with Gasteiger partial charge in [-0.15, -0.1) is 0 Å². The molecular weight excluding hydrogens is 436 g/mol. The van der Waals surface area contributed by atoms with E-state index in [4.69, 9.17) is 14.9 Å². The molecule has 3 atom stereocenters. The van der Waals surface area contributed by atoms with Gasteiger partial charge in [-0.1, -0.05) is 48.5 Å². The quantitative estimate of drug-likeness (QED) is 0.280. The number of carbonyl (C=O) groups excluding carboxylic acids is 2. The molecule has 0 bridgehead atoms. The van der Waals surface area contributed by atoms with Gasteiger partial charge in [0.2, 0.25) is 5.89 Å². The smallest absolute Gasteiger partial charge is 0.329 e. The maximum Gasteiger partial charge on any atom is 0.329 e. The molecule has 0 aliphatic heterocycles. The normalized spacial score (nSPS) is 13.9. The number of aliphatic hydroxyl groups excluding tert-OH is 1. The predicted octanol–water partition coefficient (Wildman–Crippen LogP) is 2.62. The van der Waals surface area contributed by atoms with Crippen LogP contribution in [-0.4, -0.2) is 39.1 Å². The van der Waals surface area contributed by atoms with Crippen molar-refractivity contribution in [2.24, 2.45) is 5.73 Å². The van der Waals surface area contributed by atoms with Crippen LogP contribution in [0.2, 0.25) is 0 Å². The summed E-state index contributed by atoms with van der Waals surface area (Å²) in [5, 5.41) is 13.3. The molecule has 0 saturated heterocycles. The topological polar surface area (TPSA) is 143 Å². The second kappa shape index (κ2) is 10.3. The summed E-state index contributed by atoms with van der Waals surface area (Å²) >= 11 is 0. The van der Waals surface area contributed by atoms with Crippen LogP contribution in [-0.2, 0) is 22.6 Å². The van der Waals surface area contributed by atoms with Crippen LogP contribution in [0.4, 0.5) is 0 Å². The Morgan fingerprint density at radius 2 is 1.91 bits per heavy atom. The molecule has 0 spiro atoms. The highest BCUT2D eigenvalue weighted by Crippen LogP contribution is 2.20. The molecule has 9 heteroatoms. The first-order chi connectivity index (χ1) is 16.4. The Labute approximate surface area is 195 Å². The maximum absolute atomic E-state index is 13.0. The zero-order chi connectivity index (χ0) is 24.1. The van der Waals surface area contributed by atoms with Gasteiger partial charge in [-0.25, -0.2) is 9.78 Å². The Hall–Kier alpha value is -3.95. The van der Waals surface area contributed by atoms with Crippen LogP contribution in [0.3, 0.4) is 0 Å². The van der Waals surface area contributed by atoms with Crippen molar-refractivity contribution >= 4 is 22.8 Å². The van der Waals surface area contributed by atoms with Gasteiger partial charge in [-0.3, -0.25) is 4.79 Å². The van der Waals surface area contributed by atoms with Crippen molar-refractivity contribution in [1.82, 2.24) is 15.3 Å². The molecule has 34 heavy (non-hydrogen) atoms. The van der Waals surface area contributed by atoms with E-state index in [2.05, 4.69) is 15.3 Å². The number of aliphatic hydroxyl groups is 1. The number of benzene rings is 2. The van der Waals surface area contributed by atoms with Gasteiger partial charge in [0.1, 0.15) is 25.0 Å². The second-order valence-corrected chi connectivity index (χ2v) is 8.02. The van der Waals surface area contributed by atoms with Gasteiger partial charge in [0.25, 0.3) is 5.91 Å². The SMILES string of the molecule is CC(O)C(N)c1nc(C(=O)NC(Cc2c[nH]c3ccccc23)C(=O)OCc2ccccc2)co1. The molecule has 0 radical (unpaired) electrons. The third-order valence-corrected chi connectivity index (χ3v) is 5.47. The standard InChI is InChI=1S/C25H26N4O5/c1-15(30)22(26)24-29-21(14-33-24)23(31)28-20(25(32)34-13-16-7-3-2-4-8-16)11-17-12-27-19-10-6-5-9-18(17)19/h2-10,12,14-15,20,22,27,30H,11,13,26H2,1H3,(H,28,31). The monoisotopic (exact) mass is 462 g/mol. The number of aromatic nitrogens is 2. The van der Waals surface area contributed by atoms with Crippen molar-refractivity contribution in [2.45, 2.75) is 38.1 Å². The van der Waals surface area contributed by atoms with E-state index in [1.165, 1.54) is 6.92 Å². The third-order valence-electron chi connectivity index (χ3n) is 5.47. The van der Waals surface area contributed by atoms with Crippen LogP contribution in [0.15, 0.2) is 71.5 Å². The molecule has 4 aromatic rings. The number of esters is 1. The van der Waals surface area contributed by atoms with Crippen LogP contribution in [0.5, 0.6) is 0 Å². The van der Waals surface area contributed by atoms with Crippen molar-refractivity contribution in [3.63, 3.8) is 0 Å². The number of rotatable bonds is 9. The fourth-order valence-electron chi connectivity index (χ4n) is 3.53. The summed E-state index contributed by atoms with van der Waals surface area (Å²) < 4.78 is 10.7. The number of amides is 1. The highest BCUT2D eigenvalue weighted by molar-refractivity contribution is 5.95. The van der Waals surface area contributed by atoms with E-state index in [1.807, 2.05) is 60.8 Å². The summed E-state index contributed by atoms with van der Waals surface area (Å²) in [6.45, 7) is 1.58. The average Bonchev–Trinajstić information content (AvgIpc) is 3.50. The molecule has 0 saturated carbocycles. The fraction of sp³-hybridized carbons (Fsp3) is 0.240. The van der Waals surface area contributed by atoms with Gasteiger partial charge in [0.05, 0.1) is 6.10 Å². The molecule has 5 N–H and O–H groups in total. The van der Waals surface area contributed by atoms with Gasteiger partial charge in [-0.2, -0.15) is 0 Å². The number of para-hydroxylation sites is 1. The zero-order valence-corrected chi connectivity index (χ0v) is 18.6. The first-order valence-corrected chi connectivity index (χ1v) is 10.9. The van der Waals surface area contributed by atoms with E-state index in [1.54, 1.807) is 0 Å². The van der Waals surface area contributed by atoms with Crippen molar-refractivity contribution in [3.05, 3.63) is 89.8 Å². The largest absolute Gasteiger partial charge is 0.459 e. The molecule has 0 aliphatic rings. The number of carbonyl (C=O) groups is 2. The summed E-state index contributed by atoms with van der Waals surface area (Å²) in [5.41, 5.74) is 8.39. The lowest BCUT2D eigenvalue weighted by Gasteiger charge is -2.17. The van der Waals surface area contributed by atoms with Crippen LogP contribution in [0.25, 0.3) is 10.9 Å². The van der Waals surface area contributed by atoms with Crippen LogP contribution >= 0.6 is 0 Å². The predicted molar refractivity (Wildman–Crippen MR) is 125 cm³/mol. The summed E-state index contributed by atoms with van der Waals surface area (Å²) in [7, 11) is 0. The third kappa shape index (κ3) is 5.33. The summed E-state index contributed by atoms with van der Waals surface area (Å²) in [5.74, 6) is -1.17. The number of aromatic amines is 1. The molecule has 0 fully saturated rings. The molecule has 0 aliphatic carbocycles. The van der Waals surface area contributed by atoms with E-state index < -0.39 is 30.1 Å². The Balaban J connectivity index is 1.53. The van der Waals surface area contributed by atoms with Gasteiger partial charge >= 0.3 is 5.97 Å². The van der Waals surface area contributed by atoms with E-state index in [0.29, 0.717) is 0 Å². The minimum atomic E-state index is -0.971. The lowest BCUT2D eigenvalue weighted by atomic mass is 10.0. The van der Waals surface area contributed by atoms with Crippen LogP contribution < -0.4 is 11.1 Å². The number of nitrogens with zero attached hydrogens (tertiary/aromatic N) is 1. The van der Waals surface area contributed by atoms with Crippen LogP contribution in [0, 0.1) is 0 Å². The highest BCUT2D eigenvalue weighted by Gasteiger charge is 2.27.